The first-order valence-corrected chi connectivity index (χ1v) is 6.29. The molecule has 0 unspecified atom stereocenters. The van der Waals surface area contributed by atoms with Crippen LogP contribution in [0.2, 0.25) is 0 Å². The largest absolute Gasteiger partial charge is 0.329 e. The van der Waals surface area contributed by atoms with Gasteiger partial charge in [-0.2, -0.15) is 0 Å². The van der Waals surface area contributed by atoms with Crippen molar-refractivity contribution < 1.29 is 8.42 Å². The zero-order valence-electron chi connectivity index (χ0n) is 8.49. The highest BCUT2D eigenvalue weighted by Gasteiger charge is 2.15. The van der Waals surface area contributed by atoms with E-state index in [-0.39, 0.29) is 12.3 Å². The van der Waals surface area contributed by atoms with Crippen molar-refractivity contribution in [2.45, 2.75) is 26.2 Å². The van der Waals surface area contributed by atoms with Crippen molar-refractivity contribution in [3.8, 4) is 0 Å². The zero-order chi connectivity index (χ0) is 10.3. The maximum absolute atomic E-state index is 11.4. The molecule has 0 aliphatic heterocycles. The van der Waals surface area contributed by atoms with Crippen LogP contribution in [0, 0.1) is 0 Å². The number of rotatable bonds is 7. The van der Waals surface area contributed by atoms with Gasteiger partial charge in [-0.1, -0.05) is 19.8 Å². The molecule has 0 saturated carbocycles. The first kappa shape index (κ1) is 12.9. The van der Waals surface area contributed by atoms with Gasteiger partial charge in [0.2, 0.25) is 10.0 Å². The lowest BCUT2D eigenvalue weighted by Gasteiger charge is -2.15. The molecule has 0 saturated heterocycles. The molecule has 4 nitrogen and oxygen atoms in total. The average molecular weight is 208 g/mol. The van der Waals surface area contributed by atoms with Crippen LogP contribution in [0.4, 0.5) is 0 Å². The van der Waals surface area contributed by atoms with Gasteiger partial charge in [0.05, 0.1) is 5.75 Å². The molecule has 0 aromatic rings. The van der Waals surface area contributed by atoms with Gasteiger partial charge in [0, 0.05) is 20.1 Å². The molecule has 0 aromatic carbocycles. The van der Waals surface area contributed by atoms with E-state index < -0.39 is 10.0 Å². The second-order valence-electron chi connectivity index (χ2n) is 3.13. The third-order valence-corrected chi connectivity index (χ3v) is 3.81. The van der Waals surface area contributed by atoms with E-state index in [4.69, 9.17) is 5.73 Å². The van der Waals surface area contributed by atoms with Gasteiger partial charge in [0.25, 0.3) is 0 Å². The topological polar surface area (TPSA) is 63.4 Å². The molecule has 5 heteroatoms. The summed E-state index contributed by atoms with van der Waals surface area (Å²) in [6.45, 7) is 2.89. The van der Waals surface area contributed by atoms with Crippen molar-refractivity contribution in [2.24, 2.45) is 5.73 Å². The highest BCUT2D eigenvalue weighted by atomic mass is 32.2. The van der Waals surface area contributed by atoms with E-state index in [1.54, 1.807) is 7.05 Å². The Morgan fingerprint density at radius 1 is 1.31 bits per heavy atom. The molecule has 80 valence electrons. The van der Waals surface area contributed by atoms with E-state index in [0.717, 1.165) is 19.3 Å². The van der Waals surface area contributed by atoms with Crippen LogP contribution < -0.4 is 5.73 Å². The Balaban J connectivity index is 3.87. The quantitative estimate of drug-likeness (QED) is 0.616. The highest BCUT2D eigenvalue weighted by Crippen LogP contribution is 2.01. The van der Waals surface area contributed by atoms with E-state index in [9.17, 15) is 8.42 Å². The summed E-state index contributed by atoms with van der Waals surface area (Å²) < 4.78 is 24.1. The minimum atomic E-state index is -3.08. The average Bonchev–Trinajstić information content (AvgIpc) is 2.04. The Morgan fingerprint density at radius 2 is 1.92 bits per heavy atom. The van der Waals surface area contributed by atoms with Crippen molar-refractivity contribution in [2.75, 3.05) is 25.9 Å². The van der Waals surface area contributed by atoms with Crippen LogP contribution in [0.25, 0.3) is 0 Å². The van der Waals surface area contributed by atoms with Gasteiger partial charge in [-0.25, -0.2) is 12.7 Å². The van der Waals surface area contributed by atoms with Gasteiger partial charge in [-0.15, -0.1) is 0 Å². The molecule has 2 N–H and O–H groups in total. The fraction of sp³-hybridized carbons (Fsp3) is 1.00. The summed E-state index contributed by atoms with van der Waals surface area (Å²) in [6, 6.07) is 0. The zero-order valence-corrected chi connectivity index (χ0v) is 9.31. The van der Waals surface area contributed by atoms with Crippen LogP contribution in [0.1, 0.15) is 26.2 Å². The van der Waals surface area contributed by atoms with E-state index in [1.165, 1.54) is 4.31 Å². The number of unbranched alkanes of at least 4 members (excludes halogenated alkanes) is 2. The van der Waals surface area contributed by atoms with Gasteiger partial charge < -0.3 is 5.73 Å². The number of hydrogen-bond donors (Lipinski definition) is 1. The fourth-order valence-corrected chi connectivity index (χ4v) is 2.05. The lowest BCUT2D eigenvalue weighted by Crippen LogP contribution is -2.32. The molecule has 0 fully saturated rings. The predicted octanol–water partition coefficient (Wildman–Crippen LogP) is 0.397. The Kier molecular flexibility index (Phi) is 6.28. The summed E-state index contributed by atoms with van der Waals surface area (Å²) >= 11 is 0. The second-order valence-corrected chi connectivity index (χ2v) is 5.33. The summed E-state index contributed by atoms with van der Waals surface area (Å²) in [5.41, 5.74) is 5.20. The van der Waals surface area contributed by atoms with E-state index in [1.807, 2.05) is 0 Å². The molecule has 0 bridgehead atoms. The van der Waals surface area contributed by atoms with E-state index >= 15 is 0 Å². The second kappa shape index (κ2) is 6.34. The van der Waals surface area contributed by atoms with Crippen LogP contribution >= 0.6 is 0 Å². The Morgan fingerprint density at radius 3 is 2.38 bits per heavy atom. The van der Waals surface area contributed by atoms with Gasteiger partial charge in [-0.05, 0) is 6.42 Å². The Hall–Kier alpha value is -0.130. The van der Waals surface area contributed by atoms with Gasteiger partial charge in [-0.3, -0.25) is 0 Å². The molecule has 13 heavy (non-hydrogen) atoms. The molecule has 0 atom stereocenters. The first-order chi connectivity index (χ1) is 6.04. The van der Waals surface area contributed by atoms with Gasteiger partial charge in [0.1, 0.15) is 0 Å². The summed E-state index contributed by atoms with van der Waals surface area (Å²) in [5, 5.41) is 0. The summed E-state index contributed by atoms with van der Waals surface area (Å²) in [6.07, 6.45) is 3.10. The highest BCUT2D eigenvalue weighted by molar-refractivity contribution is 7.89. The number of nitrogens with two attached hydrogens (primary N) is 1. The number of sulfonamides is 1. The normalized spacial score (nSPS) is 12.3. The van der Waals surface area contributed by atoms with Crippen molar-refractivity contribution >= 4 is 10.0 Å². The third kappa shape index (κ3) is 5.23. The molecule has 0 rings (SSSR count). The lowest BCUT2D eigenvalue weighted by atomic mass is 10.2. The molecule has 0 aliphatic rings. The molecule has 0 spiro atoms. The molecule has 0 amide bonds. The predicted molar refractivity (Wildman–Crippen MR) is 55.0 cm³/mol. The molecule has 0 aliphatic carbocycles. The molecule has 0 heterocycles. The van der Waals surface area contributed by atoms with Crippen LogP contribution in [0.15, 0.2) is 0 Å². The number of nitrogens with zero attached hydrogens (tertiary/aromatic N) is 1. The van der Waals surface area contributed by atoms with Crippen LogP contribution in [0.5, 0.6) is 0 Å². The van der Waals surface area contributed by atoms with Crippen molar-refractivity contribution in [1.82, 2.24) is 4.31 Å². The SMILES string of the molecule is CCCCCN(C)S(=O)(=O)CCN. The van der Waals surface area contributed by atoms with Crippen LogP contribution in [-0.4, -0.2) is 38.6 Å². The third-order valence-electron chi connectivity index (χ3n) is 1.93. The van der Waals surface area contributed by atoms with Gasteiger partial charge >= 0.3 is 0 Å². The summed E-state index contributed by atoms with van der Waals surface area (Å²) in [7, 11) is -1.47. The van der Waals surface area contributed by atoms with Crippen molar-refractivity contribution in [1.29, 1.82) is 0 Å². The maximum atomic E-state index is 11.4. The van der Waals surface area contributed by atoms with E-state index in [2.05, 4.69) is 6.92 Å². The first-order valence-electron chi connectivity index (χ1n) is 4.68. The lowest BCUT2D eigenvalue weighted by molar-refractivity contribution is 0.454. The minimum absolute atomic E-state index is 0.0512. The number of hydrogen-bond acceptors (Lipinski definition) is 3. The standard InChI is InChI=1S/C8H20N2O2S/c1-3-4-5-7-10(2)13(11,12)8-6-9/h3-9H2,1-2H3. The molecular weight excluding hydrogens is 188 g/mol. The summed E-state index contributed by atoms with van der Waals surface area (Å²) in [4.78, 5) is 0. The Labute approximate surface area is 81.2 Å². The smallest absolute Gasteiger partial charge is 0.215 e. The summed E-state index contributed by atoms with van der Waals surface area (Å²) in [5.74, 6) is 0.0512. The van der Waals surface area contributed by atoms with Crippen molar-refractivity contribution in [3.05, 3.63) is 0 Å². The minimum Gasteiger partial charge on any atom is -0.329 e. The molecular formula is C8H20N2O2S. The monoisotopic (exact) mass is 208 g/mol. The van der Waals surface area contributed by atoms with Crippen LogP contribution in [-0.2, 0) is 10.0 Å². The van der Waals surface area contributed by atoms with Crippen LogP contribution in [0.3, 0.4) is 0 Å². The fourth-order valence-electron chi connectivity index (χ4n) is 1.03. The molecule has 0 radical (unpaired) electrons. The van der Waals surface area contributed by atoms with Crippen molar-refractivity contribution in [3.63, 3.8) is 0 Å². The Bertz CT molecular complexity index is 214. The van der Waals surface area contributed by atoms with Gasteiger partial charge in [0.15, 0.2) is 0 Å². The maximum Gasteiger partial charge on any atom is 0.215 e. The molecule has 0 aromatic heterocycles. The van der Waals surface area contributed by atoms with E-state index in [0.29, 0.717) is 6.54 Å².